The predicted molar refractivity (Wildman–Crippen MR) is 83.9 cm³/mol. The van der Waals surface area contributed by atoms with E-state index in [1.165, 1.54) is 0 Å². The van der Waals surface area contributed by atoms with Crippen molar-refractivity contribution >= 4 is 22.9 Å². The fourth-order valence-corrected chi connectivity index (χ4v) is 3.99. The number of hydrogen-bond acceptors (Lipinski definition) is 4. The summed E-state index contributed by atoms with van der Waals surface area (Å²) in [5, 5.41) is 2.30. The molecule has 1 N–H and O–H groups in total. The maximum absolute atomic E-state index is 12.7. The van der Waals surface area contributed by atoms with Gasteiger partial charge in [0.05, 0.1) is 18.8 Å². The van der Waals surface area contributed by atoms with Crippen LogP contribution >= 0.6 is 0 Å². The van der Waals surface area contributed by atoms with Crippen molar-refractivity contribution in [3.8, 4) is 0 Å². The van der Waals surface area contributed by atoms with Gasteiger partial charge in [-0.3, -0.25) is 4.79 Å². The molecule has 0 radical (unpaired) electrons. The van der Waals surface area contributed by atoms with Crippen LogP contribution < -0.4 is 5.32 Å². The van der Waals surface area contributed by atoms with Gasteiger partial charge in [0.15, 0.2) is 4.75 Å². The van der Waals surface area contributed by atoms with Crippen molar-refractivity contribution < 1.29 is 27.3 Å². The number of carbonyl (C=O) groups is 1. The highest BCUT2D eigenvalue weighted by Gasteiger charge is 2.45. The summed E-state index contributed by atoms with van der Waals surface area (Å²) >= 11 is -1.44. The number of carbonyl (C=O) groups excluding carboxylic acids is 1. The summed E-state index contributed by atoms with van der Waals surface area (Å²) in [6.07, 6.45) is -2.61. The van der Waals surface area contributed by atoms with Crippen molar-refractivity contribution in [1.29, 1.82) is 0 Å². The Kier molecular flexibility index (Phi) is 5.77. The second kappa shape index (κ2) is 7.28. The van der Waals surface area contributed by atoms with Gasteiger partial charge in [-0.1, -0.05) is 0 Å². The first-order chi connectivity index (χ1) is 11.1. The first-order valence-corrected chi connectivity index (χ1v) is 8.67. The molecule has 5 nitrogen and oxygen atoms in total. The fourth-order valence-electron chi connectivity index (χ4n) is 2.30. The van der Waals surface area contributed by atoms with E-state index in [0.717, 1.165) is 12.1 Å². The number of pyridine rings is 1. The monoisotopic (exact) mass is 364 g/mol. The molecular formula is C15H19F3N2O3S. The standard InChI is InChI=1S/C15H19F3N2O3S/c1-14(2,24(22)11-5-7-23-8-6-11)13(21)20-12-4-3-10(9-19-12)15(16,17)18/h3-4,9,11H,5-8H2,1-2H3,(H,19,20,21). The molecule has 1 atom stereocenters. The normalized spacial score (nSPS) is 18.2. The third kappa shape index (κ3) is 4.40. The molecule has 1 aliphatic heterocycles. The average molecular weight is 364 g/mol. The number of rotatable bonds is 4. The third-order valence-corrected chi connectivity index (χ3v) is 6.12. The van der Waals surface area contributed by atoms with Crippen LogP contribution in [0.4, 0.5) is 19.0 Å². The highest BCUT2D eigenvalue weighted by atomic mass is 32.2. The molecule has 1 aromatic heterocycles. The van der Waals surface area contributed by atoms with Crippen molar-refractivity contribution in [3.63, 3.8) is 0 Å². The Labute approximate surface area is 141 Å². The highest BCUT2D eigenvalue weighted by molar-refractivity contribution is 7.94. The molecular weight excluding hydrogens is 345 g/mol. The van der Waals surface area contributed by atoms with E-state index in [1.807, 2.05) is 0 Å². The zero-order chi connectivity index (χ0) is 18.0. The number of ether oxygens (including phenoxy) is 1. The smallest absolute Gasteiger partial charge is 0.417 e. The summed E-state index contributed by atoms with van der Waals surface area (Å²) in [6.45, 7) is 4.12. The van der Waals surface area contributed by atoms with Gasteiger partial charge in [-0.15, -0.1) is 0 Å². The first-order valence-electron chi connectivity index (χ1n) is 7.45. The Morgan fingerprint density at radius 1 is 1.33 bits per heavy atom. The molecule has 24 heavy (non-hydrogen) atoms. The number of nitrogens with zero attached hydrogens (tertiary/aromatic N) is 1. The minimum Gasteiger partial charge on any atom is -0.615 e. The number of amides is 1. The van der Waals surface area contributed by atoms with E-state index in [9.17, 15) is 22.5 Å². The number of halogens is 3. The van der Waals surface area contributed by atoms with Crippen LogP contribution in [0.25, 0.3) is 0 Å². The van der Waals surface area contributed by atoms with Gasteiger partial charge in [0.25, 0.3) is 5.91 Å². The minimum atomic E-state index is -4.49. The summed E-state index contributed by atoms with van der Waals surface area (Å²) in [4.78, 5) is 16.0. The maximum atomic E-state index is 12.7. The van der Waals surface area contributed by atoms with Gasteiger partial charge in [-0.25, -0.2) is 4.98 Å². The quantitative estimate of drug-likeness (QED) is 0.834. The predicted octanol–water partition coefficient (Wildman–Crippen LogP) is 2.75. The summed E-state index contributed by atoms with van der Waals surface area (Å²) in [5.41, 5.74) is -0.898. The molecule has 9 heteroatoms. The zero-order valence-corrected chi connectivity index (χ0v) is 14.2. The van der Waals surface area contributed by atoms with Crippen molar-refractivity contribution in [1.82, 2.24) is 4.98 Å². The van der Waals surface area contributed by atoms with Crippen LogP contribution in [-0.2, 0) is 26.9 Å². The van der Waals surface area contributed by atoms with Gasteiger partial charge >= 0.3 is 6.18 Å². The molecule has 2 heterocycles. The van der Waals surface area contributed by atoms with Crippen molar-refractivity contribution in [2.75, 3.05) is 18.5 Å². The molecule has 1 aromatic rings. The molecule has 0 aliphatic carbocycles. The van der Waals surface area contributed by atoms with Crippen molar-refractivity contribution in [2.45, 2.75) is 42.9 Å². The lowest BCUT2D eigenvalue weighted by Crippen LogP contribution is -2.50. The maximum Gasteiger partial charge on any atom is 0.417 e. The van der Waals surface area contributed by atoms with E-state index in [4.69, 9.17) is 4.74 Å². The van der Waals surface area contributed by atoms with Gasteiger partial charge in [0.1, 0.15) is 11.1 Å². The van der Waals surface area contributed by atoms with Crippen LogP contribution in [0.5, 0.6) is 0 Å². The molecule has 1 fully saturated rings. The molecule has 1 saturated heterocycles. The van der Waals surface area contributed by atoms with E-state index in [1.54, 1.807) is 13.8 Å². The summed E-state index contributed by atoms with van der Waals surface area (Å²) in [5.74, 6) is -0.551. The molecule has 0 bridgehead atoms. The average Bonchev–Trinajstić information content (AvgIpc) is 2.54. The van der Waals surface area contributed by atoms with E-state index < -0.39 is 33.6 Å². The second-order valence-electron chi connectivity index (χ2n) is 6.00. The molecule has 0 aromatic carbocycles. The Balaban J connectivity index is 2.04. The van der Waals surface area contributed by atoms with Crippen LogP contribution in [-0.4, -0.2) is 38.7 Å². The van der Waals surface area contributed by atoms with Crippen LogP contribution in [0.2, 0.25) is 0 Å². The van der Waals surface area contributed by atoms with E-state index in [2.05, 4.69) is 10.3 Å². The van der Waals surface area contributed by atoms with Crippen LogP contribution in [0.1, 0.15) is 32.3 Å². The number of aromatic nitrogens is 1. The second-order valence-corrected chi connectivity index (χ2v) is 8.29. The topological polar surface area (TPSA) is 74.3 Å². The molecule has 1 amide bonds. The first kappa shape index (κ1) is 19.0. The highest BCUT2D eigenvalue weighted by Crippen LogP contribution is 2.30. The lowest BCUT2D eigenvalue weighted by molar-refractivity contribution is -0.137. The lowest BCUT2D eigenvalue weighted by Gasteiger charge is -2.34. The Morgan fingerprint density at radius 3 is 2.46 bits per heavy atom. The van der Waals surface area contributed by atoms with Gasteiger partial charge in [-0.2, -0.15) is 13.2 Å². The van der Waals surface area contributed by atoms with Crippen molar-refractivity contribution in [2.24, 2.45) is 0 Å². The van der Waals surface area contributed by atoms with Gasteiger partial charge in [-0.05, 0) is 37.2 Å². The summed E-state index contributed by atoms with van der Waals surface area (Å²) in [6, 6.07) is 1.92. The molecule has 134 valence electrons. The molecule has 0 spiro atoms. The minimum absolute atomic E-state index is 0.00921. The number of nitrogens with one attached hydrogen (secondary N) is 1. The number of alkyl halides is 3. The largest absolute Gasteiger partial charge is 0.615 e. The number of hydrogen-bond donors (Lipinski definition) is 1. The summed E-state index contributed by atoms with van der Waals surface area (Å²) in [7, 11) is 0. The summed E-state index contributed by atoms with van der Waals surface area (Å²) < 4.78 is 54.2. The lowest BCUT2D eigenvalue weighted by atomic mass is 10.2. The Bertz CT molecular complexity index is 572. The van der Waals surface area contributed by atoms with Crippen LogP contribution in [0, 0.1) is 0 Å². The van der Waals surface area contributed by atoms with Crippen molar-refractivity contribution in [3.05, 3.63) is 23.9 Å². The third-order valence-electron chi connectivity index (χ3n) is 3.85. The number of anilines is 1. The van der Waals surface area contributed by atoms with Gasteiger partial charge < -0.3 is 14.6 Å². The van der Waals surface area contributed by atoms with Crippen LogP contribution in [0.15, 0.2) is 18.3 Å². The van der Waals surface area contributed by atoms with Gasteiger partial charge in [0.2, 0.25) is 0 Å². The van der Waals surface area contributed by atoms with E-state index in [-0.39, 0.29) is 11.1 Å². The Morgan fingerprint density at radius 2 is 1.96 bits per heavy atom. The molecule has 2 rings (SSSR count). The Hall–Kier alpha value is -1.32. The fraction of sp³-hybridized carbons (Fsp3) is 0.600. The molecule has 1 aliphatic rings. The van der Waals surface area contributed by atoms with E-state index in [0.29, 0.717) is 32.3 Å². The SMILES string of the molecule is CC(C)(C(=O)Nc1ccc(C(F)(F)F)cn1)[S+]([O-])C1CCOCC1. The molecule has 1 unspecified atom stereocenters. The van der Waals surface area contributed by atoms with E-state index >= 15 is 0 Å². The van der Waals surface area contributed by atoms with Crippen LogP contribution in [0.3, 0.4) is 0 Å². The van der Waals surface area contributed by atoms with Gasteiger partial charge in [0, 0.05) is 19.0 Å². The molecule has 0 saturated carbocycles. The zero-order valence-electron chi connectivity index (χ0n) is 13.4.